The lowest BCUT2D eigenvalue weighted by molar-refractivity contribution is 0.574. The number of para-hydroxylation sites is 1. The standard InChI is InChI=1S/C16H11NO2/c1-10-11(16-17-8-9-18-16)6-7-13-12-4-2-3-5-14(12)19-15(10)13/h2-9H,1H3. The summed E-state index contributed by atoms with van der Waals surface area (Å²) in [7, 11) is 0. The second-order valence-electron chi connectivity index (χ2n) is 4.55. The summed E-state index contributed by atoms with van der Waals surface area (Å²) in [5.74, 6) is 0.625. The Bertz CT molecular complexity index is 872. The maximum absolute atomic E-state index is 5.95. The maximum Gasteiger partial charge on any atom is 0.226 e. The molecule has 0 radical (unpaired) electrons. The van der Waals surface area contributed by atoms with Crippen LogP contribution in [0.3, 0.4) is 0 Å². The number of hydrogen-bond acceptors (Lipinski definition) is 3. The number of furan rings is 1. The van der Waals surface area contributed by atoms with E-state index in [1.54, 1.807) is 12.5 Å². The van der Waals surface area contributed by atoms with E-state index >= 15 is 0 Å². The van der Waals surface area contributed by atoms with E-state index in [2.05, 4.69) is 17.1 Å². The number of aryl methyl sites for hydroxylation is 1. The number of benzene rings is 2. The van der Waals surface area contributed by atoms with E-state index in [4.69, 9.17) is 8.83 Å². The van der Waals surface area contributed by atoms with Crippen molar-refractivity contribution in [3.63, 3.8) is 0 Å². The Morgan fingerprint density at radius 1 is 1.00 bits per heavy atom. The average Bonchev–Trinajstić information content (AvgIpc) is 3.06. The zero-order chi connectivity index (χ0) is 12.8. The normalized spacial score (nSPS) is 11.4. The Hall–Kier alpha value is -2.55. The van der Waals surface area contributed by atoms with Gasteiger partial charge in [-0.3, -0.25) is 0 Å². The molecule has 0 bridgehead atoms. The predicted octanol–water partition coefficient (Wildman–Crippen LogP) is 4.55. The molecule has 0 aliphatic heterocycles. The SMILES string of the molecule is Cc1c(-c2ncco2)ccc2c1oc1ccccc12. The lowest BCUT2D eigenvalue weighted by atomic mass is 10.0. The molecule has 0 amide bonds. The van der Waals surface area contributed by atoms with Gasteiger partial charge in [0.1, 0.15) is 17.4 Å². The van der Waals surface area contributed by atoms with Crippen LogP contribution in [0.4, 0.5) is 0 Å². The Morgan fingerprint density at radius 2 is 1.89 bits per heavy atom. The van der Waals surface area contributed by atoms with Crippen LogP contribution in [0.5, 0.6) is 0 Å². The van der Waals surface area contributed by atoms with Gasteiger partial charge in [0, 0.05) is 21.9 Å². The molecule has 0 atom stereocenters. The van der Waals surface area contributed by atoms with Gasteiger partial charge in [-0.15, -0.1) is 0 Å². The summed E-state index contributed by atoms with van der Waals surface area (Å²) < 4.78 is 11.3. The highest BCUT2D eigenvalue weighted by Gasteiger charge is 2.14. The summed E-state index contributed by atoms with van der Waals surface area (Å²) in [5.41, 5.74) is 3.83. The number of oxazole rings is 1. The highest BCUT2D eigenvalue weighted by atomic mass is 16.3. The molecule has 0 spiro atoms. The van der Waals surface area contributed by atoms with Crippen molar-refractivity contribution in [3.8, 4) is 11.5 Å². The van der Waals surface area contributed by atoms with E-state index < -0.39 is 0 Å². The first-order chi connectivity index (χ1) is 9.34. The second kappa shape index (κ2) is 3.72. The van der Waals surface area contributed by atoms with E-state index in [0.717, 1.165) is 33.1 Å². The molecule has 0 saturated heterocycles. The van der Waals surface area contributed by atoms with Gasteiger partial charge in [-0.2, -0.15) is 0 Å². The van der Waals surface area contributed by atoms with Crippen molar-refractivity contribution in [1.82, 2.24) is 4.98 Å². The fraction of sp³-hybridized carbons (Fsp3) is 0.0625. The highest BCUT2D eigenvalue weighted by Crippen LogP contribution is 2.34. The molecule has 19 heavy (non-hydrogen) atoms. The first-order valence-corrected chi connectivity index (χ1v) is 6.15. The van der Waals surface area contributed by atoms with Gasteiger partial charge >= 0.3 is 0 Å². The minimum Gasteiger partial charge on any atom is -0.456 e. The maximum atomic E-state index is 5.95. The van der Waals surface area contributed by atoms with Crippen molar-refractivity contribution in [2.24, 2.45) is 0 Å². The molecule has 3 nitrogen and oxygen atoms in total. The van der Waals surface area contributed by atoms with Crippen molar-refractivity contribution in [2.75, 3.05) is 0 Å². The fourth-order valence-corrected chi connectivity index (χ4v) is 2.51. The molecule has 0 unspecified atom stereocenters. The van der Waals surface area contributed by atoms with E-state index in [1.807, 2.05) is 31.2 Å². The summed E-state index contributed by atoms with van der Waals surface area (Å²) in [6, 6.07) is 12.2. The van der Waals surface area contributed by atoms with Crippen LogP contribution in [0, 0.1) is 6.92 Å². The van der Waals surface area contributed by atoms with E-state index in [1.165, 1.54) is 0 Å². The minimum atomic E-state index is 0.625. The second-order valence-corrected chi connectivity index (χ2v) is 4.55. The third-order valence-electron chi connectivity index (χ3n) is 3.46. The molecular formula is C16H11NO2. The number of nitrogens with zero attached hydrogens (tertiary/aromatic N) is 1. The fourth-order valence-electron chi connectivity index (χ4n) is 2.51. The van der Waals surface area contributed by atoms with Gasteiger partial charge in [-0.1, -0.05) is 18.2 Å². The molecule has 2 heterocycles. The molecule has 2 aromatic heterocycles. The van der Waals surface area contributed by atoms with Gasteiger partial charge in [0.25, 0.3) is 0 Å². The van der Waals surface area contributed by atoms with E-state index in [9.17, 15) is 0 Å². The molecular weight excluding hydrogens is 238 g/mol. The van der Waals surface area contributed by atoms with Gasteiger partial charge in [0.15, 0.2) is 0 Å². The molecule has 4 rings (SSSR count). The highest BCUT2D eigenvalue weighted by molar-refractivity contribution is 6.07. The van der Waals surface area contributed by atoms with Crippen LogP contribution in [-0.2, 0) is 0 Å². The van der Waals surface area contributed by atoms with Crippen molar-refractivity contribution >= 4 is 21.9 Å². The van der Waals surface area contributed by atoms with Gasteiger partial charge in [-0.05, 0) is 25.1 Å². The quantitative estimate of drug-likeness (QED) is 0.496. The first kappa shape index (κ1) is 10.4. The Morgan fingerprint density at radius 3 is 2.74 bits per heavy atom. The van der Waals surface area contributed by atoms with Crippen molar-refractivity contribution in [1.29, 1.82) is 0 Å². The van der Waals surface area contributed by atoms with Crippen molar-refractivity contribution in [3.05, 3.63) is 54.4 Å². The number of fused-ring (bicyclic) bond motifs is 3. The van der Waals surface area contributed by atoms with Gasteiger partial charge in [0.2, 0.25) is 5.89 Å². The monoisotopic (exact) mass is 249 g/mol. The third kappa shape index (κ3) is 1.41. The number of aromatic nitrogens is 1. The number of hydrogen-bond donors (Lipinski definition) is 0. The topological polar surface area (TPSA) is 39.2 Å². The molecule has 0 aliphatic rings. The van der Waals surface area contributed by atoms with Crippen LogP contribution in [0.25, 0.3) is 33.4 Å². The summed E-state index contributed by atoms with van der Waals surface area (Å²) in [6.07, 6.45) is 3.23. The lowest BCUT2D eigenvalue weighted by Gasteiger charge is -2.01. The molecule has 3 heteroatoms. The molecule has 0 aliphatic carbocycles. The van der Waals surface area contributed by atoms with Gasteiger partial charge in [0.05, 0.1) is 6.20 Å². The zero-order valence-corrected chi connectivity index (χ0v) is 10.4. The number of rotatable bonds is 1. The van der Waals surface area contributed by atoms with Gasteiger partial charge < -0.3 is 8.83 Å². The van der Waals surface area contributed by atoms with Gasteiger partial charge in [-0.25, -0.2) is 4.98 Å². The van der Waals surface area contributed by atoms with Crippen LogP contribution in [-0.4, -0.2) is 4.98 Å². The minimum absolute atomic E-state index is 0.625. The zero-order valence-electron chi connectivity index (χ0n) is 10.4. The van der Waals surface area contributed by atoms with Crippen molar-refractivity contribution < 1.29 is 8.83 Å². The summed E-state index contributed by atoms with van der Waals surface area (Å²) in [5, 5.41) is 2.27. The Labute approximate surface area is 109 Å². The predicted molar refractivity (Wildman–Crippen MR) is 74.0 cm³/mol. The molecule has 0 saturated carbocycles. The summed E-state index contributed by atoms with van der Waals surface area (Å²) in [6.45, 7) is 2.03. The van der Waals surface area contributed by atoms with Crippen molar-refractivity contribution in [2.45, 2.75) is 6.92 Å². The average molecular weight is 249 g/mol. The molecule has 4 aromatic rings. The van der Waals surface area contributed by atoms with Crippen LogP contribution in [0.15, 0.2) is 57.7 Å². The van der Waals surface area contributed by atoms with E-state index in [0.29, 0.717) is 5.89 Å². The molecule has 0 fully saturated rings. The largest absolute Gasteiger partial charge is 0.456 e. The smallest absolute Gasteiger partial charge is 0.226 e. The Balaban J connectivity index is 2.11. The molecule has 92 valence electrons. The lowest BCUT2D eigenvalue weighted by Crippen LogP contribution is -1.83. The first-order valence-electron chi connectivity index (χ1n) is 6.15. The molecule has 2 aromatic carbocycles. The van der Waals surface area contributed by atoms with Crippen LogP contribution in [0.2, 0.25) is 0 Å². The van der Waals surface area contributed by atoms with Crippen LogP contribution in [0.1, 0.15) is 5.56 Å². The van der Waals surface area contributed by atoms with Crippen LogP contribution >= 0.6 is 0 Å². The molecule has 0 N–H and O–H groups in total. The van der Waals surface area contributed by atoms with Crippen LogP contribution < -0.4 is 0 Å². The summed E-state index contributed by atoms with van der Waals surface area (Å²) in [4.78, 5) is 4.20. The Kier molecular flexibility index (Phi) is 2.03. The van der Waals surface area contributed by atoms with E-state index in [-0.39, 0.29) is 0 Å². The summed E-state index contributed by atoms with van der Waals surface area (Å²) >= 11 is 0. The third-order valence-corrected chi connectivity index (χ3v) is 3.46.